The Morgan fingerprint density at radius 3 is 2.50 bits per heavy atom. The quantitative estimate of drug-likeness (QED) is 0.318. The smallest absolute Gasteiger partial charge is 0.0607 e. The minimum absolute atomic E-state index is 0.659. The van der Waals surface area contributed by atoms with Crippen molar-refractivity contribution in [3.8, 4) is 0 Å². The van der Waals surface area contributed by atoms with Crippen LogP contribution in [0.4, 0.5) is 0 Å². The first-order chi connectivity index (χ1) is 6.69. The van der Waals surface area contributed by atoms with Crippen LogP contribution >= 0.6 is 12.6 Å². The third-order valence-corrected chi connectivity index (χ3v) is 2.52. The number of rotatable bonds is 6. The SMILES string of the molecule is CC/C(=C/C(C)=N/C[Si])N(CC)CS. The Labute approximate surface area is 96.3 Å². The Hall–Kier alpha value is -0.223. The van der Waals surface area contributed by atoms with E-state index >= 15 is 0 Å². The number of thiol groups is 1. The zero-order chi connectivity index (χ0) is 11.0. The molecule has 0 aromatic rings. The maximum Gasteiger partial charge on any atom is 0.0607 e. The Morgan fingerprint density at radius 2 is 2.14 bits per heavy atom. The van der Waals surface area contributed by atoms with Gasteiger partial charge in [0.15, 0.2) is 0 Å². The normalized spacial score (nSPS) is 13.2. The van der Waals surface area contributed by atoms with E-state index in [-0.39, 0.29) is 0 Å². The van der Waals surface area contributed by atoms with Gasteiger partial charge < -0.3 is 4.90 Å². The van der Waals surface area contributed by atoms with Crippen LogP contribution in [0.5, 0.6) is 0 Å². The lowest BCUT2D eigenvalue weighted by Gasteiger charge is -2.23. The van der Waals surface area contributed by atoms with Crippen LogP contribution < -0.4 is 0 Å². The highest BCUT2D eigenvalue weighted by Gasteiger charge is 2.03. The van der Waals surface area contributed by atoms with E-state index in [4.69, 9.17) is 0 Å². The molecule has 3 radical (unpaired) electrons. The van der Waals surface area contributed by atoms with Crippen LogP contribution in [-0.2, 0) is 0 Å². The van der Waals surface area contributed by atoms with E-state index in [0.717, 1.165) is 24.6 Å². The average Bonchev–Trinajstić information content (AvgIpc) is 2.18. The van der Waals surface area contributed by atoms with Gasteiger partial charge in [-0.3, -0.25) is 4.99 Å². The molecule has 4 heteroatoms. The van der Waals surface area contributed by atoms with Gasteiger partial charge >= 0.3 is 0 Å². The third kappa shape index (κ3) is 4.86. The van der Waals surface area contributed by atoms with Gasteiger partial charge in [0.05, 0.1) is 16.1 Å². The van der Waals surface area contributed by atoms with E-state index in [2.05, 4.69) is 52.7 Å². The summed E-state index contributed by atoms with van der Waals surface area (Å²) < 4.78 is 0. The highest BCUT2D eigenvalue weighted by atomic mass is 32.1. The molecule has 0 atom stereocenters. The predicted molar refractivity (Wildman–Crippen MR) is 68.3 cm³/mol. The second kappa shape index (κ2) is 8.12. The van der Waals surface area contributed by atoms with Crippen molar-refractivity contribution in [1.29, 1.82) is 0 Å². The second-order valence-electron chi connectivity index (χ2n) is 2.94. The molecule has 0 N–H and O–H groups in total. The number of nitrogens with zero attached hydrogens (tertiary/aromatic N) is 2. The predicted octanol–water partition coefficient (Wildman–Crippen LogP) is 2.08. The van der Waals surface area contributed by atoms with Crippen molar-refractivity contribution < 1.29 is 0 Å². The van der Waals surface area contributed by atoms with E-state index in [9.17, 15) is 0 Å². The maximum absolute atomic E-state index is 4.30. The monoisotopic (exact) mass is 227 g/mol. The largest absolute Gasteiger partial charge is 0.366 e. The molecule has 14 heavy (non-hydrogen) atoms. The molecule has 79 valence electrons. The lowest BCUT2D eigenvalue weighted by molar-refractivity contribution is 0.414. The molecule has 0 aromatic heterocycles. The fourth-order valence-electron chi connectivity index (χ4n) is 1.22. The molecule has 0 saturated heterocycles. The zero-order valence-electron chi connectivity index (χ0n) is 9.25. The third-order valence-electron chi connectivity index (χ3n) is 2.02. The summed E-state index contributed by atoms with van der Waals surface area (Å²) in [5.41, 5.74) is 2.35. The minimum atomic E-state index is 0.659. The van der Waals surface area contributed by atoms with Crippen LogP contribution in [-0.4, -0.2) is 39.4 Å². The van der Waals surface area contributed by atoms with Crippen molar-refractivity contribution in [2.45, 2.75) is 27.2 Å². The van der Waals surface area contributed by atoms with Crippen LogP contribution in [0.3, 0.4) is 0 Å². The molecule has 0 heterocycles. The molecule has 0 bridgehead atoms. The lowest BCUT2D eigenvalue weighted by atomic mass is 10.2. The van der Waals surface area contributed by atoms with E-state index in [1.54, 1.807) is 0 Å². The molecule has 0 unspecified atom stereocenters. The van der Waals surface area contributed by atoms with Crippen molar-refractivity contribution in [3.05, 3.63) is 11.8 Å². The van der Waals surface area contributed by atoms with Gasteiger partial charge in [-0.05, 0) is 26.3 Å². The fraction of sp³-hybridized carbons (Fsp3) is 0.700. The number of allylic oxidation sites excluding steroid dienone is 2. The van der Waals surface area contributed by atoms with Crippen LogP contribution in [0, 0.1) is 0 Å². The summed E-state index contributed by atoms with van der Waals surface area (Å²) >= 11 is 4.30. The van der Waals surface area contributed by atoms with Crippen molar-refractivity contribution in [2.24, 2.45) is 4.99 Å². The molecule has 0 rings (SSSR count). The highest BCUT2D eigenvalue weighted by Crippen LogP contribution is 2.09. The first kappa shape index (κ1) is 13.8. The molecular weight excluding hydrogens is 208 g/mol. The van der Waals surface area contributed by atoms with Gasteiger partial charge in [-0.1, -0.05) is 6.92 Å². The fourth-order valence-corrected chi connectivity index (χ4v) is 1.85. The maximum atomic E-state index is 4.30. The van der Waals surface area contributed by atoms with Gasteiger partial charge in [0, 0.05) is 24.1 Å². The van der Waals surface area contributed by atoms with Crippen LogP contribution in [0.2, 0.25) is 0 Å². The lowest BCUT2D eigenvalue weighted by Crippen LogP contribution is -2.21. The Morgan fingerprint density at radius 1 is 1.50 bits per heavy atom. The van der Waals surface area contributed by atoms with E-state index < -0.39 is 0 Å². The van der Waals surface area contributed by atoms with Gasteiger partial charge in [-0.25, -0.2) is 0 Å². The van der Waals surface area contributed by atoms with E-state index in [1.165, 1.54) is 5.70 Å². The summed E-state index contributed by atoms with van der Waals surface area (Å²) in [6.45, 7) is 7.29. The molecule has 0 spiro atoms. The summed E-state index contributed by atoms with van der Waals surface area (Å²) in [4.78, 5) is 6.50. The second-order valence-corrected chi connectivity index (χ2v) is 3.54. The highest BCUT2D eigenvalue weighted by molar-refractivity contribution is 7.80. The van der Waals surface area contributed by atoms with Crippen LogP contribution in [0.25, 0.3) is 0 Å². The first-order valence-electron chi connectivity index (χ1n) is 4.91. The number of hydrogen-bond acceptors (Lipinski definition) is 3. The van der Waals surface area contributed by atoms with Gasteiger partial charge in [0.2, 0.25) is 0 Å². The summed E-state index contributed by atoms with van der Waals surface area (Å²) in [7, 11) is 3.33. The number of hydrogen-bond donors (Lipinski definition) is 1. The molecule has 0 fully saturated rings. The minimum Gasteiger partial charge on any atom is -0.366 e. The summed E-state index contributed by atoms with van der Waals surface area (Å²) in [5, 5.41) is 0. The zero-order valence-corrected chi connectivity index (χ0v) is 11.1. The summed E-state index contributed by atoms with van der Waals surface area (Å²) in [5.74, 6) is 0.761. The van der Waals surface area contributed by atoms with E-state index in [1.807, 2.05) is 6.92 Å². The van der Waals surface area contributed by atoms with Crippen molar-refractivity contribution >= 4 is 28.6 Å². The van der Waals surface area contributed by atoms with Gasteiger partial charge in [-0.15, -0.1) is 0 Å². The Bertz CT molecular complexity index is 210. The summed E-state index contributed by atoms with van der Waals surface area (Å²) in [6, 6.07) is 0. The molecule has 0 aromatic carbocycles. The Balaban J connectivity index is 4.59. The van der Waals surface area contributed by atoms with Crippen molar-refractivity contribution in [3.63, 3.8) is 0 Å². The van der Waals surface area contributed by atoms with Gasteiger partial charge in [0.1, 0.15) is 0 Å². The number of aliphatic imine (C=N–C) groups is 1. The van der Waals surface area contributed by atoms with Crippen LogP contribution in [0.1, 0.15) is 27.2 Å². The topological polar surface area (TPSA) is 15.6 Å². The van der Waals surface area contributed by atoms with Crippen LogP contribution in [0.15, 0.2) is 16.8 Å². The van der Waals surface area contributed by atoms with Crippen molar-refractivity contribution in [1.82, 2.24) is 4.90 Å². The first-order valence-corrected chi connectivity index (χ1v) is 6.25. The molecule has 0 aliphatic carbocycles. The van der Waals surface area contributed by atoms with Gasteiger partial charge in [-0.2, -0.15) is 12.6 Å². The molecular formula is C10H19N2SSi. The average molecular weight is 227 g/mol. The standard InChI is InChI=1S/C10H19N2SSi/c1-4-10(12(5-2)8-13)6-9(3)11-7-14/h6,13H,4-5,7-8H2,1-3H3/b10-6-,11-9+. The molecule has 0 aliphatic rings. The molecule has 2 nitrogen and oxygen atoms in total. The summed E-state index contributed by atoms with van der Waals surface area (Å²) in [6.07, 6.45) is 3.80. The van der Waals surface area contributed by atoms with Crippen molar-refractivity contribution in [2.75, 3.05) is 18.6 Å². The van der Waals surface area contributed by atoms with E-state index in [0.29, 0.717) is 6.17 Å². The molecule has 0 saturated carbocycles. The molecule has 0 amide bonds. The molecule has 0 aliphatic heterocycles. The van der Waals surface area contributed by atoms with Gasteiger partial charge in [0.25, 0.3) is 0 Å². The Kier molecular flexibility index (Phi) is 7.99.